The van der Waals surface area contributed by atoms with Gasteiger partial charge in [-0.05, 0) is 31.5 Å². The van der Waals surface area contributed by atoms with Crippen LogP contribution in [0.4, 0.5) is 5.82 Å². The Morgan fingerprint density at radius 2 is 1.88 bits per heavy atom. The molecule has 0 aliphatic carbocycles. The Kier molecular flexibility index (Phi) is 6.80. The highest BCUT2D eigenvalue weighted by molar-refractivity contribution is 7.16. The lowest BCUT2D eigenvalue weighted by atomic mass is 10.1. The highest BCUT2D eigenvalue weighted by Crippen LogP contribution is 2.28. The van der Waals surface area contributed by atoms with Crippen LogP contribution in [0.25, 0.3) is 10.6 Å². The number of anilines is 1. The molecule has 0 radical (unpaired) electrons. The van der Waals surface area contributed by atoms with Gasteiger partial charge in [0, 0.05) is 50.9 Å². The predicted molar refractivity (Wildman–Crippen MR) is 127 cm³/mol. The summed E-state index contributed by atoms with van der Waals surface area (Å²) in [4.78, 5) is 38.4. The first-order valence-electron chi connectivity index (χ1n) is 10.8. The molecule has 4 rings (SSSR count). The van der Waals surface area contributed by atoms with Crippen molar-refractivity contribution in [3.63, 3.8) is 0 Å². The smallest absolute Gasteiger partial charge is 0.263 e. The van der Waals surface area contributed by atoms with Gasteiger partial charge >= 0.3 is 0 Å². The number of pyridine rings is 1. The van der Waals surface area contributed by atoms with Gasteiger partial charge in [-0.2, -0.15) is 0 Å². The first kappa shape index (κ1) is 22.0. The Labute approximate surface area is 192 Å². The molecule has 32 heavy (non-hydrogen) atoms. The standard InChI is InChI=1S/C24H27N5O2S/c1-17-6-7-19(18(2)15-17)24-27-16-20(32-24)23(31)26-10-8-22(30)29-13-11-28(12-14-29)21-5-3-4-9-25-21/h3-7,9,15-16H,8,10-14H2,1-2H3,(H,26,31). The summed E-state index contributed by atoms with van der Waals surface area (Å²) < 4.78 is 0. The van der Waals surface area contributed by atoms with Gasteiger partial charge < -0.3 is 15.1 Å². The van der Waals surface area contributed by atoms with Gasteiger partial charge in [0.1, 0.15) is 15.7 Å². The van der Waals surface area contributed by atoms with Crippen molar-refractivity contribution in [1.29, 1.82) is 0 Å². The molecule has 1 aliphatic heterocycles. The zero-order valence-corrected chi connectivity index (χ0v) is 19.2. The highest BCUT2D eigenvalue weighted by atomic mass is 32.1. The summed E-state index contributed by atoms with van der Waals surface area (Å²) in [6, 6.07) is 12.0. The molecule has 3 heterocycles. The normalized spacial score (nSPS) is 13.8. The molecule has 3 aromatic rings. The lowest BCUT2D eigenvalue weighted by Crippen LogP contribution is -2.49. The molecule has 7 nitrogen and oxygen atoms in total. The first-order chi connectivity index (χ1) is 15.5. The summed E-state index contributed by atoms with van der Waals surface area (Å²) in [5, 5.41) is 3.68. The molecule has 0 bridgehead atoms. The Morgan fingerprint density at radius 1 is 1.06 bits per heavy atom. The van der Waals surface area contributed by atoms with Crippen LogP contribution in [-0.2, 0) is 4.79 Å². The van der Waals surface area contributed by atoms with E-state index in [2.05, 4.69) is 33.2 Å². The third kappa shape index (κ3) is 5.13. The van der Waals surface area contributed by atoms with Gasteiger partial charge in [0.2, 0.25) is 5.91 Å². The largest absolute Gasteiger partial charge is 0.353 e. The molecule has 1 fully saturated rings. The van der Waals surface area contributed by atoms with E-state index < -0.39 is 0 Å². The van der Waals surface area contributed by atoms with Gasteiger partial charge in [0.15, 0.2) is 0 Å². The van der Waals surface area contributed by atoms with Crippen LogP contribution in [0.1, 0.15) is 27.2 Å². The maximum Gasteiger partial charge on any atom is 0.263 e. The molecule has 1 aliphatic rings. The second-order valence-electron chi connectivity index (χ2n) is 7.91. The molecule has 0 saturated carbocycles. The zero-order valence-electron chi connectivity index (χ0n) is 18.4. The van der Waals surface area contributed by atoms with E-state index in [4.69, 9.17) is 0 Å². The minimum atomic E-state index is -0.189. The minimum absolute atomic E-state index is 0.0613. The summed E-state index contributed by atoms with van der Waals surface area (Å²) >= 11 is 1.37. The van der Waals surface area contributed by atoms with Crippen LogP contribution in [-0.4, -0.2) is 59.4 Å². The second kappa shape index (κ2) is 9.91. The highest BCUT2D eigenvalue weighted by Gasteiger charge is 2.22. The van der Waals surface area contributed by atoms with E-state index in [1.54, 1.807) is 12.4 Å². The van der Waals surface area contributed by atoms with E-state index in [9.17, 15) is 9.59 Å². The number of carbonyl (C=O) groups excluding carboxylic acids is 2. The number of aromatic nitrogens is 2. The number of nitrogens with zero attached hydrogens (tertiary/aromatic N) is 4. The Balaban J connectivity index is 1.24. The molecule has 0 unspecified atom stereocenters. The van der Waals surface area contributed by atoms with Crippen LogP contribution in [0.3, 0.4) is 0 Å². The number of carbonyl (C=O) groups is 2. The fraction of sp³-hybridized carbons (Fsp3) is 0.333. The number of aryl methyl sites for hydroxylation is 2. The molecule has 1 N–H and O–H groups in total. The summed E-state index contributed by atoms with van der Waals surface area (Å²) in [6.07, 6.45) is 3.68. The Hall–Kier alpha value is -3.26. The second-order valence-corrected chi connectivity index (χ2v) is 8.94. The maximum absolute atomic E-state index is 12.5. The summed E-state index contributed by atoms with van der Waals surface area (Å²) in [6.45, 7) is 7.27. The van der Waals surface area contributed by atoms with Crippen LogP contribution in [0, 0.1) is 13.8 Å². The van der Waals surface area contributed by atoms with Gasteiger partial charge in [-0.25, -0.2) is 9.97 Å². The number of piperazine rings is 1. The maximum atomic E-state index is 12.5. The Bertz CT molecular complexity index is 1090. The van der Waals surface area contributed by atoms with Crippen molar-refractivity contribution in [3.05, 3.63) is 64.8 Å². The summed E-state index contributed by atoms with van der Waals surface area (Å²) in [5.74, 6) is 0.814. The number of amides is 2. The molecule has 0 atom stereocenters. The van der Waals surface area contributed by atoms with Crippen molar-refractivity contribution in [2.24, 2.45) is 0 Å². The van der Waals surface area contributed by atoms with E-state index >= 15 is 0 Å². The molecule has 166 valence electrons. The number of thiazole rings is 1. The van der Waals surface area contributed by atoms with E-state index in [1.807, 2.05) is 42.2 Å². The number of benzene rings is 1. The molecule has 0 spiro atoms. The lowest BCUT2D eigenvalue weighted by Gasteiger charge is -2.35. The fourth-order valence-corrected chi connectivity index (χ4v) is 4.73. The van der Waals surface area contributed by atoms with Crippen molar-refractivity contribution < 1.29 is 9.59 Å². The van der Waals surface area contributed by atoms with Gasteiger partial charge in [-0.3, -0.25) is 9.59 Å². The van der Waals surface area contributed by atoms with Gasteiger partial charge in [-0.1, -0.05) is 29.8 Å². The average Bonchev–Trinajstić information content (AvgIpc) is 3.30. The molecule has 2 amide bonds. The van der Waals surface area contributed by atoms with Crippen molar-refractivity contribution in [2.75, 3.05) is 37.6 Å². The minimum Gasteiger partial charge on any atom is -0.353 e. The van der Waals surface area contributed by atoms with Crippen LogP contribution in [0.15, 0.2) is 48.8 Å². The SMILES string of the molecule is Cc1ccc(-c2ncc(C(=O)NCCC(=O)N3CCN(c4ccccn4)CC3)s2)c(C)c1. The van der Waals surface area contributed by atoms with Crippen molar-refractivity contribution in [3.8, 4) is 10.6 Å². The van der Waals surface area contributed by atoms with Crippen LogP contribution < -0.4 is 10.2 Å². The van der Waals surface area contributed by atoms with Crippen molar-refractivity contribution >= 4 is 29.0 Å². The molecule has 2 aromatic heterocycles. The van der Waals surface area contributed by atoms with E-state index in [-0.39, 0.29) is 18.2 Å². The van der Waals surface area contributed by atoms with Gasteiger partial charge in [0.05, 0.1) is 6.20 Å². The van der Waals surface area contributed by atoms with Crippen LogP contribution in [0.2, 0.25) is 0 Å². The predicted octanol–water partition coefficient (Wildman–Crippen LogP) is 3.29. The number of hydrogen-bond donors (Lipinski definition) is 1. The van der Waals surface area contributed by atoms with Gasteiger partial charge in [0.25, 0.3) is 5.91 Å². The van der Waals surface area contributed by atoms with Gasteiger partial charge in [-0.15, -0.1) is 11.3 Å². The summed E-state index contributed by atoms with van der Waals surface area (Å²) in [5.41, 5.74) is 3.38. The quantitative estimate of drug-likeness (QED) is 0.625. The first-order valence-corrected chi connectivity index (χ1v) is 11.6. The third-order valence-corrected chi connectivity index (χ3v) is 6.60. The third-order valence-electron chi connectivity index (χ3n) is 5.57. The van der Waals surface area contributed by atoms with E-state index in [1.165, 1.54) is 16.9 Å². The summed E-state index contributed by atoms with van der Waals surface area (Å²) in [7, 11) is 0. The zero-order chi connectivity index (χ0) is 22.5. The van der Waals surface area contributed by atoms with Crippen LogP contribution in [0.5, 0.6) is 0 Å². The average molecular weight is 450 g/mol. The van der Waals surface area contributed by atoms with E-state index in [0.29, 0.717) is 24.5 Å². The molecular formula is C24H27N5O2S. The van der Waals surface area contributed by atoms with Crippen molar-refractivity contribution in [1.82, 2.24) is 20.2 Å². The number of rotatable bonds is 6. The fourth-order valence-electron chi connectivity index (χ4n) is 3.81. The van der Waals surface area contributed by atoms with E-state index in [0.717, 1.165) is 35.0 Å². The lowest BCUT2D eigenvalue weighted by molar-refractivity contribution is -0.131. The number of nitrogens with one attached hydrogen (secondary N) is 1. The monoisotopic (exact) mass is 449 g/mol. The molecular weight excluding hydrogens is 422 g/mol. The van der Waals surface area contributed by atoms with Crippen molar-refractivity contribution in [2.45, 2.75) is 20.3 Å². The van der Waals surface area contributed by atoms with Crippen LogP contribution >= 0.6 is 11.3 Å². The topological polar surface area (TPSA) is 78.4 Å². The number of hydrogen-bond acceptors (Lipinski definition) is 6. The molecule has 1 saturated heterocycles. The molecule has 1 aromatic carbocycles. The molecule has 8 heteroatoms. The Morgan fingerprint density at radius 3 is 2.59 bits per heavy atom.